The van der Waals surface area contributed by atoms with Gasteiger partial charge >= 0.3 is 12.4 Å². The molecular formula is C23H18Cl3F6N5O2S. The SMILES string of the molecule is CSC[C@H](C)N(C(=O)c1c(Cl)cccc1C(N)=O)c1c(Cl)cc(Cn2nc(C(F)(F)F)nc2C(F)(F)F)cc1Cl. The zero-order valence-corrected chi connectivity index (χ0v) is 23.5. The van der Waals surface area contributed by atoms with E-state index in [1.165, 1.54) is 30.0 Å². The van der Waals surface area contributed by atoms with Crippen molar-refractivity contribution in [2.24, 2.45) is 5.73 Å². The van der Waals surface area contributed by atoms with Gasteiger partial charge in [-0.15, -0.1) is 5.10 Å². The highest BCUT2D eigenvalue weighted by molar-refractivity contribution is 7.98. The average Bonchev–Trinajstić information content (AvgIpc) is 3.26. The highest BCUT2D eigenvalue weighted by atomic mass is 35.5. The summed E-state index contributed by atoms with van der Waals surface area (Å²) < 4.78 is 79.2. The molecule has 0 saturated carbocycles. The number of anilines is 1. The van der Waals surface area contributed by atoms with Crippen LogP contribution in [0.1, 0.15) is 44.9 Å². The molecule has 2 N–H and O–H groups in total. The Bertz CT molecular complexity index is 1420. The zero-order valence-electron chi connectivity index (χ0n) is 20.4. The van der Waals surface area contributed by atoms with Gasteiger partial charge in [0.25, 0.3) is 11.7 Å². The van der Waals surface area contributed by atoms with Crippen LogP contribution in [0.2, 0.25) is 15.1 Å². The molecule has 0 spiro atoms. The molecule has 17 heteroatoms. The first kappa shape index (κ1) is 31.8. The average molecular weight is 649 g/mol. The minimum atomic E-state index is -5.24. The monoisotopic (exact) mass is 647 g/mol. The summed E-state index contributed by atoms with van der Waals surface area (Å²) in [5.41, 5.74) is 4.90. The maximum atomic E-state index is 13.8. The molecule has 40 heavy (non-hydrogen) atoms. The van der Waals surface area contributed by atoms with Crippen LogP contribution in [0, 0.1) is 0 Å². The summed E-state index contributed by atoms with van der Waals surface area (Å²) in [6.07, 6.45) is -8.70. The topological polar surface area (TPSA) is 94.1 Å². The minimum absolute atomic E-state index is 0.0344. The standard InChI is InChI=1S/C23H18Cl3F6N5O2S/c1-10(9-40-2)37(19(39)16-12(18(33)38)4-3-5-13(16)24)17-14(25)6-11(7-15(17)26)8-36-21(23(30,31)32)34-20(35-36)22(27,28)29/h3-7,10H,8-9H2,1-2H3,(H2,33,38)/t10-/m0/s1. The van der Waals surface area contributed by atoms with E-state index in [1.807, 2.05) is 0 Å². The molecule has 2 aromatic carbocycles. The lowest BCUT2D eigenvalue weighted by Gasteiger charge is -2.31. The summed E-state index contributed by atoms with van der Waals surface area (Å²) in [6, 6.07) is 5.75. The molecule has 2 amide bonds. The third kappa shape index (κ3) is 6.78. The molecule has 1 atom stereocenters. The largest absolute Gasteiger partial charge is 0.453 e. The number of aromatic nitrogens is 3. The van der Waals surface area contributed by atoms with Gasteiger partial charge < -0.3 is 10.6 Å². The second-order valence-corrected chi connectivity index (χ2v) is 10.5. The number of thioether (sulfide) groups is 1. The Morgan fingerprint density at radius 2 is 1.65 bits per heavy atom. The van der Waals surface area contributed by atoms with E-state index in [2.05, 4.69) is 10.1 Å². The number of benzene rings is 2. The first-order valence-corrected chi connectivity index (χ1v) is 13.5. The molecule has 0 aliphatic carbocycles. The fourth-order valence-corrected chi connectivity index (χ4v) is 5.40. The number of carbonyl (C=O) groups excluding carboxylic acids is 2. The number of halogens is 9. The number of nitrogens with two attached hydrogens (primary N) is 1. The number of amides is 2. The molecule has 0 radical (unpaired) electrons. The van der Waals surface area contributed by atoms with Crippen LogP contribution >= 0.6 is 46.6 Å². The maximum Gasteiger partial charge on any atom is 0.453 e. The smallest absolute Gasteiger partial charge is 0.366 e. The lowest BCUT2D eigenvalue weighted by atomic mass is 10.0. The van der Waals surface area contributed by atoms with Crippen molar-refractivity contribution in [1.29, 1.82) is 0 Å². The number of alkyl halides is 6. The van der Waals surface area contributed by atoms with Crippen LogP contribution in [-0.4, -0.2) is 44.6 Å². The van der Waals surface area contributed by atoms with Crippen LogP contribution in [0.3, 0.4) is 0 Å². The van der Waals surface area contributed by atoms with Crippen molar-refractivity contribution in [1.82, 2.24) is 14.8 Å². The number of hydrogen-bond donors (Lipinski definition) is 1. The Morgan fingerprint density at radius 1 is 1.05 bits per heavy atom. The van der Waals surface area contributed by atoms with Gasteiger partial charge in [-0.05, 0) is 43.0 Å². The molecule has 0 saturated heterocycles. The van der Waals surface area contributed by atoms with E-state index in [0.29, 0.717) is 5.75 Å². The number of nitrogens with zero attached hydrogens (tertiary/aromatic N) is 4. The summed E-state index contributed by atoms with van der Waals surface area (Å²) in [6.45, 7) is 0.821. The van der Waals surface area contributed by atoms with Crippen molar-refractivity contribution >= 4 is 64.1 Å². The summed E-state index contributed by atoms with van der Waals surface area (Å²) >= 11 is 20.5. The quantitative estimate of drug-likeness (QED) is 0.271. The lowest BCUT2D eigenvalue weighted by Crippen LogP contribution is -2.41. The van der Waals surface area contributed by atoms with Gasteiger partial charge in [0, 0.05) is 11.8 Å². The Labute approximate surface area is 242 Å². The van der Waals surface area contributed by atoms with Crippen molar-refractivity contribution in [3.63, 3.8) is 0 Å². The van der Waals surface area contributed by atoms with Crippen LogP contribution < -0.4 is 10.6 Å². The number of primary amides is 1. The zero-order chi connectivity index (χ0) is 30.2. The normalized spacial score (nSPS) is 12.9. The fourth-order valence-electron chi connectivity index (χ4n) is 3.80. The van der Waals surface area contributed by atoms with Gasteiger partial charge in [0.2, 0.25) is 11.7 Å². The van der Waals surface area contributed by atoms with Crippen LogP contribution in [0.25, 0.3) is 0 Å². The molecule has 0 fully saturated rings. The second kappa shape index (κ2) is 12.0. The number of rotatable bonds is 8. The first-order chi connectivity index (χ1) is 18.5. The van der Waals surface area contributed by atoms with Crippen LogP contribution in [0.5, 0.6) is 0 Å². The highest BCUT2D eigenvalue weighted by Gasteiger charge is 2.44. The third-order valence-electron chi connectivity index (χ3n) is 5.39. The molecule has 3 rings (SSSR count). The second-order valence-electron chi connectivity index (χ2n) is 8.33. The van der Waals surface area contributed by atoms with Gasteiger partial charge in [0.05, 0.1) is 38.4 Å². The summed E-state index contributed by atoms with van der Waals surface area (Å²) in [5, 5.41) is 2.44. The van der Waals surface area contributed by atoms with Crippen molar-refractivity contribution < 1.29 is 35.9 Å². The number of hydrogen-bond acceptors (Lipinski definition) is 5. The molecule has 1 heterocycles. The van der Waals surface area contributed by atoms with Crippen LogP contribution in [-0.2, 0) is 18.9 Å². The van der Waals surface area contributed by atoms with Crippen molar-refractivity contribution in [3.05, 3.63) is 73.7 Å². The van der Waals surface area contributed by atoms with Gasteiger partial charge in [0.15, 0.2) is 0 Å². The molecule has 0 aliphatic heterocycles. The first-order valence-electron chi connectivity index (χ1n) is 10.9. The van der Waals surface area contributed by atoms with Crippen molar-refractivity contribution in [2.75, 3.05) is 16.9 Å². The van der Waals surface area contributed by atoms with Gasteiger partial charge in [-0.1, -0.05) is 40.9 Å². The Balaban J connectivity index is 2.13. The summed E-state index contributed by atoms with van der Waals surface area (Å²) in [5.74, 6) is -5.21. The van der Waals surface area contributed by atoms with E-state index in [4.69, 9.17) is 40.5 Å². The van der Waals surface area contributed by atoms with E-state index < -0.39 is 48.4 Å². The van der Waals surface area contributed by atoms with Gasteiger partial charge in [0.1, 0.15) is 0 Å². The van der Waals surface area contributed by atoms with E-state index in [-0.39, 0.29) is 42.1 Å². The molecule has 0 unspecified atom stereocenters. The molecule has 216 valence electrons. The predicted molar refractivity (Wildman–Crippen MR) is 140 cm³/mol. The van der Waals surface area contributed by atoms with E-state index in [0.717, 1.165) is 17.0 Å². The lowest BCUT2D eigenvalue weighted by molar-refractivity contribution is -0.150. The van der Waals surface area contributed by atoms with E-state index >= 15 is 0 Å². The molecule has 3 aromatic rings. The Hall–Kier alpha value is -2.68. The molecule has 0 aliphatic rings. The van der Waals surface area contributed by atoms with Crippen LogP contribution in [0.15, 0.2) is 30.3 Å². The summed E-state index contributed by atoms with van der Waals surface area (Å²) in [7, 11) is 0. The van der Waals surface area contributed by atoms with Crippen LogP contribution in [0.4, 0.5) is 32.0 Å². The Kier molecular flexibility index (Phi) is 9.59. The molecule has 0 bridgehead atoms. The number of carbonyl (C=O) groups is 2. The fraction of sp³-hybridized carbons (Fsp3) is 0.304. The highest BCUT2D eigenvalue weighted by Crippen LogP contribution is 2.39. The third-order valence-corrected chi connectivity index (χ3v) is 7.10. The maximum absolute atomic E-state index is 13.8. The van der Waals surface area contributed by atoms with Gasteiger partial charge in [-0.25, -0.2) is 4.68 Å². The predicted octanol–water partition coefficient (Wildman–Crippen LogP) is 6.82. The van der Waals surface area contributed by atoms with Gasteiger partial charge in [-0.3, -0.25) is 9.59 Å². The van der Waals surface area contributed by atoms with Gasteiger partial charge in [-0.2, -0.15) is 43.1 Å². The van der Waals surface area contributed by atoms with E-state index in [9.17, 15) is 35.9 Å². The molecule has 7 nitrogen and oxygen atoms in total. The van der Waals surface area contributed by atoms with Crippen molar-refractivity contribution in [3.8, 4) is 0 Å². The molecular weight excluding hydrogens is 631 g/mol. The Morgan fingerprint density at radius 3 is 2.15 bits per heavy atom. The minimum Gasteiger partial charge on any atom is -0.366 e. The molecule has 1 aromatic heterocycles. The summed E-state index contributed by atoms with van der Waals surface area (Å²) in [4.78, 5) is 29.6. The van der Waals surface area contributed by atoms with Crippen molar-refractivity contribution in [2.45, 2.75) is 31.9 Å². The van der Waals surface area contributed by atoms with E-state index in [1.54, 1.807) is 13.2 Å².